The van der Waals surface area contributed by atoms with E-state index in [-0.39, 0.29) is 12.0 Å². The molecular weight excluding hydrogens is 578 g/mol. The predicted molar refractivity (Wildman–Crippen MR) is 172 cm³/mol. The van der Waals surface area contributed by atoms with E-state index in [0.29, 0.717) is 43.3 Å². The number of aromatic nitrogens is 2. The summed E-state index contributed by atoms with van der Waals surface area (Å²) in [5, 5.41) is 17.4. The first-order chi connectivity index (χ1) is 20.9. The largest absolute Gasteiger partial charge is 0.458 e. The zero-order valence-corrected chi connectivity index (χ0v) is 27.6. The van der Waals surface area contributed by atoms with Crippen LogP contribution in [-0.4, -0.2) is 66.1 Å². The van der Waals surface area contributed by atoms with Gasteiger partial charge in [0.1, 0.15) is 11.4 Å². The Bertz CT molecular complexity index is 1280. The predicted octanol–water partition coefficient (Wildman–Crippen LogP) is 6.36. The number of nitrogens with zero attached hydrogens (tertiary/aromatic N) is 3. The van der Waals surface area contributed by atoms with Gasteiger partial charge in [0.25, 0.3) is 0 Å². The molecule has 2 atom stereocenters. The topological polar surface area (TPSA) is 118 Å². The van der Waals surface area contributed by atoms with Crippen LogP contribution in [-0.2, 0) is 25.4 Å². The molecule has 2 aromatic rings. The molecule has 9 nitrogen and oxygen atoms in total. The van der Waals surface area contributed by atoms with E-state index in [9.17, 15) is 10.1 Å². The molecule has 1 saturated carbocycles. The first-order valence-corrected chi connectivity index (χ1v) is 16.3. The van der Waals surface area contributed by atoms with Crippen molar-refractivity contribution in [1.82, 2.24) is 15.3 Å². The Kier molecular flexibility index (Phi) is 12.0. The molecule has 1 aliphatic carbocycles. The molecule has 0 radical (unpaired) electrons. The molecule has 44 heavy (non-hydrogen) atoms. The van der Waals surface area contributed by atoms with Crippen molar-refractivity contribution < 1.29 is 19.0 Å². The minimum absolute atomic E-state index is 0.141. The van der Waals surface area contributed by atoms with Crippen LogP contribution >= 0.6 is 11.6 Å². The van der Waals surface area contributed by atoms with Gasteiger partial charge in [-0.3, -0.25) is 4.98 Å². The highest BCUT2D eigenvalue weighted by Gasteiger charge is 2.32. The Morgan fingerprint density at radius 1 is 1.20 bits per heavy atom. The number of esters is 1. The van der Waals surface area contributed by atoms with Crippen LogP contribution in [0.2, 0.25) is 5.02 Å². The molecule has 0 unspecified atom stereocenters. The number of pyridine rings is 2. The van der Waals surface area contributed by atoms with Crippen LogP contribution < -0.4 is 10.6 Å². The van der Waals surface area contributed by atoms with Crippen molar-refractivity contribution in [3.05, 3.63) is 41.2 Å². The maximum Gasteiger partial charge on any atom is 0.335 e. The minimum Gasteiger partial charge on any atom is -0.458 e. The second-order valence-electron chi connectivity index (χ2n) is 13.4. The van der Waals surface area contributed by atoms with Gasteiger partial charge in [-0.1, -0.05) is 17.7 Å². The highest BCUT2D eigenvalue weighted by atomic mass is 35.5. The van der Waals surface area contributed by atoms with Crippen LogP contribution in [0.5, 0.6) is 0 Å². The van der Waals surface area contributed by atoms with Crippen molar-refractivity contribution in [3.8, 4) is 17.3 Å². The summed E-state index contributed by atoms with van der Waals surface area (Å²) in [6, 6.07) is 11.0. The highest BCUT2D eigenvalue weighted by molar-refractivity contribution is 6.33. The number of halogens is 1. The van der Waals surface area contributed by atoms with Crippen molar-refractivity contribution in [1.29, 1.82) is 5.26 Å². The number of ether oxygens (including phenoxy) is 3. The lowest BCUT2D eigenvalue weighted by atomic mass is 9.82. The summed E-state index contributed by atoms with van der Waals surface area (Å²) in [6.45, 7) is 11.6. The normalized spacial score (nSPS) is 21.6. The third-order valence-electron chi connectivity index (χ3n) is 8.43. The number of carbonyl (C=O) groups is 1. The molecule has 0 aromatic carbocycles. The Morgan fingerprint density at radius 3 is 2.61 bits per heavy atom. The number of anilines is 1. The molecule has 1 aliphatic heterocycles. The van der Waals surface area contributed by atoms with Crippen molar-refractivity contribution in [2.24, 2.45) is 11.3 Å². The highest BCUT2D eigenvalue weighted by Crippen LogP contribution is 2.33. The molecule has 10 heteroatoms. The average molecular weight is 626 g/mol. The van der Waals surface area contributed by atoms with E-state index in [1.807, 2.05) is 39.0 Å². The SMILES string of the molecule is C[C@H](CO[C@@H](C)C(=O)OC(C)(C)C)NC1CCC(Cc2cc(-c3cccc(NCC4(C#N)CCOCC4)n3)c(Cl)cn2)CC1. The standard InChI is InChI=1S/C34H48ClN5O4/c1-23(20-43-24(2)32(41)44-33(3,4)5)39-26-11-9-25(10-12-26)17-27-18-28(29(35)19-37-27)30-7-6-8-31(40-30)38-22-34(21-36)13-15-42-16-14-34/h6-8,18-19,23-26,39H,9-17,20,22H2,1-5H3,(H,38,40)/t23-,24+,25?,26?/m1/s1. The van der Waals surface area contributed by atoms with Gasteiger partial charge in [-0.05, 0) is 104 Å². The Balaban J connectivity index is 1.26. The van der Waals surface area contributed by atoms with Gasteiger partial charge in [0.15, 0.2) is 6.10 Å². The lowest BCUT2D eigenvalue weighted by Crippen LogP contribution is -2.42. The Morgan fingerprint density at radius 2 is 1.93 bits per heavy atom. The molecule has 2 N–H and O–H groups in total. The van der Waals surface area contributed by atoms with Crippen LogP contribution in [0.4, 0.5) is 5.82 Å². The van der Waals surface area contributed by atoms with Crippen LogP contribution in [0.15, 0.2) is 30.5 Å². The molecule has 2 fully saturated rings. The fourth-order valence-corrected chi connectivity index (χ4v) is 6.04. The molecule has 0 bridgehead atoms. The summed E-state index contributed by atoms with van der Waals surface area (Å²) < 4.78 is 16.6. The van der Waals surface area contributed by atoms with Gasteiger partial charge >= 0.3 is 5.97 Å². The smallest absolute Gasteiger partial charge is 0.335 e. The van der Waals surface area contributed by atoms with E-state index >= 15 is 0 Å². The van der Waals surface area contributed by atoms with Crippen LogP contribution in [0, 0.1) is 22.7 Å². The van der Waals surface area contributed by atoms with Crippen LogP contribution in [0.3, 0.4) is 0 Å². The zero-order valence-electron chi connectivity index (χ0n) is 26.8. The Hall–Kier alpha value is -2.77. The number of rotatable bonds is 12. The van der Waals surface area contributed by atoms with E-state index in [4.69, 9.17) is 30.8 Å². The maximum atomic E-state index is 12.2. The van der Waals surface area contributed by atoms with Gasteiger partial charge in [-0.2, -0.15) is 5.26 Å². The molecule has 4 rings (SSSR count). The van der Waals surface area contributed by atoms with E-state index in [1.54, 1.807) is 13.1 Å². The van der Waals surface area contributed by atoms with Crippen molar-refractivity contribution >= 4 is 23.4 Å². The number of hydrogen-bond acceptors (Lipinski definition) is 9. The molecule has 3 heterocycles. The number of hydrogen-bond donors (Lipinski definition) is 2. The lowest BCUT2D eigenvalue weighted by Gasteiger charge is -2.31. The summed E-state index contributed by atoms with van der Waals surface area (Å²) in [5.74, 6) is 0.946. The first-order valence-electron chi connectivity index (χ1n) is 15.9. The van der Waals surface area contributed by atoms with Crippen LogP contribution in [0.1, 0.15) is 78.8 Å². The molecule has 2 aromatic heterocycles. The van der Waals surface area contributed by atoms with Gasteiger partial charge in [0.2, 0.25) is 0 Å². The van der Waals surface area contributed by atoms with Crippen molar-refractivity contribution in [2.45, 2.75) is 103 Å². The number of nitrogens with one attached hydrogen (secondary N) is 2. The average Bonchev–Trinajstić information content (AvgIpc) is 3.00. The van der Waals surface area contributed by atoms with Crippen LogP contribution in [0.25, 0.3) is 11.3 Å². The third-order valence-corrected chi connectivity index (χ3v) is 8.73. The minimum atomic E-state index is -0.590. The molecule has 1 saturated heterocycles. The fraction of sp³-hybridized carbons (Fsp3) is 0.647. The monoisotopic (exact) mass is 625 g/mol. The zero-order chi connectivity index (χ0) is 31.7. The summed E-state index contributed by atoms with van der Waals surface area (Å²) in [7, 11) is 0. The lowest BCUT2D eigenvalue weighted by molar-refractivity contribution is -0.167. The molecular formula is C34H48ClN5O4. The summed E-state index contributed by atoms with van der Waals surface area (Å²) in [6.07, 6.45) is 7.87. The Labute approximate surface area is 267 Å². The van der Waals surface area contributed by atoms with Gasteiger partial charge in [-0.25, -0.2) is 9.78 Å². The third kappa shape index (κ3) is 10.1. The fourth-order valence-electron chi connectivity index (χ4n) is 5.84. The van der Waals surface area contributed by atoms with E-state index in [0.717, 1.165) is 67.7 Å². The quantitative estimate of drug-likeness (QED) is 0.260. The van der Waals surface area contributed by atoms with Gasteiger partial charge < -0.3 is 24.8 Å². The van der Waals surface area contributed by atoms with Crippen molar-refractivity contribution in [3.63, 3.8) is 0 Å². The van der Waals surface area contributed by atoms with E-state index < -0.39 is 17.1 Å². The maximum absolute atomic E-state index is 12.2. The second kappa shape index (κ2) is 15.5. The summed E-state index contributed by atoms with van der Waals surface area (Å²) in [4.78, 5) is 21.7. The summed E-state index contributed by atoms with van der Waals surface area (Å²) >= 11 is 6.60. The van der Waals surface area contributed by atoms with Gasteiger partial charge in [0, 0.05) is 49.3 Å². The van der Waals surface area contributed by atoms with E-state index in [1.165, 1.54) is 0 Å². The molecule has 0 amide bonds. The molecule has 2 aliphatic rings. The van der Waals surface area contributed by atoms with Gasteiger partial charge in [0.05, 0.1) is 28.8 Å². The molecule has 240 valence electrons. The first kappa shape index (κ1) is 34.1. The number of carbonyl (C=O) groups excluding carboxylic acids is 1. The number of nitriles is 1. The van der Waals surface area contributed by atoms with E-state index in [2.05, 4.69) is 34.7 Å². The van der Waals surface area contributed by atoms with Crippen molar-refractivity contribution in [2.75, 3.05) is 31.7 Å². The van der Waals surface area contributed by atoms with Gasteiger partial charge in [-0.15, -0.1) is 0 Å². The second-order valence-corrected chi connectivity index (χ2v) is 13.8. The summed E-state index contributed by atoms with van der Waals surface area (Å²) in [5.41, 5.74) is 1.72. The molecule has 0 spiro atoms.